The number of nitrogens with one attached hydrogen (secondary N) is 1. The first kappa shape index (κ1) is 15.2. The van der Waals surface area contributed by atoms with Crippen LogP contribution >= 0.6 is 0 Å². The van der Waals surface area contributed by atoms with Crippen LogP contribution in [0.15, 0.2) is 24.3 Å². The van der Waals surface area contributed by atoms with Gasteiger partial charge in [-0.15, -0.1) is 0 Å². The van der Waals surface area contributed by atoms with Crippen LogP contribution in [-0.4, -0.2) is 30.7 Å². The van der Waals surface area contributed by atoms with E-state index >= 15 is 0 Å². The molecule has 1 atom stereocenters. The zero-order chi connectivity index (χ0) is 15.4. The summed E-state index contributed by atoms with van der Waals surface area (Å²) < 4.78 is 0. The number of ketones is 1. The summed E-state index contributed by atoms with van der Waals surface area (Å²) >= 11 is 0. The van der Waals surface area contributed by atoms with E-state index in [9.17, 15) is 14.4 Å². The van der Waals surface area contributed by atoms with Gasteiger partial charge in [0.05, 0.1) is 0 Å². The highest BCUT2D eigenvalue weighted by molar-refractivity contribution is 6.39. The molecule has 112 valence electrons. The lowest BCUT2D eigenvalue weighted by Crippen LogP contribution is -2.46. The first-order chi connectivity index (χ1) is 10.0. The molecular formula is C16H20N2O3. The molecule has 1 aliphatic rings. The van der Waals surface area contributed by atoms with Crippen molar-refractivity contribution in [2.24, 2.45) is 5.92 Å². The van der Waals surface area contributed by atoms with Gasteiger partial charge in [0.2, 0.25) is 12.2 Å². The van der Waals surface area contributed by atoms with E-state index in [1.807, 2.05) is 19.1 Å². The van der Waals surface area contributed by atoms with E-state index in [4.69, 9.17) is 0 Å². The summed E-state index contributed by atoms with van der Waals surface area (Å²) in [5, 5.41) is 2.64. The predicted molar refractivity (Wildman–Crippen MR) is 79.9 cm³/mol. The summed E-state index contributed by atoms with van der Waals surface area (Å²) in [7, 11) is 0. The summed E-state index contributed by atoms with van der Waals surface area (Å²) in [4.78, 5) is 36.6. The maximum atomic E-state index is 12.1. The summed E-state index contributed by atoms with van der Waals surface area (Å²) in [6, 6.07) is 6.45. The van der Waals surface area contributed by atoms with Gasteiger partial charge >= 0.3 is 0 Å². The van der Waals surface area contributed by atoms with Crippen LogP contribution in [0.2, 0.25) is 0 Å². The van der Waals surface area contributed by atoms with E-state index in [1.165, 1.54) is 4.90 Å². The van der Waals surface area contributed by atoms with Crippen LogP contribution in [0.3, 0.4) is 0 Å². The van der Waals surface area contributed by atoms with E-state index in [-0.39, 0.29) is 0 Å². The number of hydrogen-bond donors (Lipinski definition) is 1. The van der Waals surface area contributed by atoms with Gasteiger partial charge in [0, 0.05) is 12.2 Å². The Morgan fingerprint density at radius 2 is 2.05 bits per heavy atom. The average Bonchev–Trinajstić information content (AvgIpc) is 3.30. The molecule has 2 amide bonds. The number of anilines is 1. The quantitative estimate of drug-likeness (QED) is 0.610. The van der Waals surface area contributed by atoms with Crippen LogP contribution in [0.25, 0.3) is 0 Å². The number of aryl methyl sites for hydroxylation is 1. The zero-order valence-corrected chi connectivity index (χ0v) is 12.3. The summed E-state index contributed by atoms with van der Waals surface area (Å²) in [5.74, 6) is -0.698. The van der Waals surface area contributed by atoms with Gasteiger partial charge in [-0.2, -0.15) is 0 Å². The van der Waals surface area contributed by atoms with Crippen LogP contribution in [0.5, 0.6) is 0 Å². The number of amides is 2. The molecule has 0 radical (unpaired) electrons. The highest BCUT2D eigenvalue weighted by Gasteiger charge is 2.29. The molecule has 1 fully saturated rings. The minimum absolute atomic E-state index is 0.510. The number of para-hydroxylation sites is 1. The van der Waals surface area contributed by atoms with Gasteiger partial charge in [-0.25, -0.2) is 0 Å². The Bertz CT molecular complexity index is 552. The second-order valence-corrected chi connectivity index (χ2v) is 5.49. The fourth-order valence-corrected chi connectivity index (χ4v) is 2.17. The molecule has 0 heterocycles. The Morgan fingerprint density at radius 1 is 1.38 bits per heavy atom. The van der Waals surface area contributed by atoms with E-state index in [1.54, 1.807) is 19.1 Å². The Balaban J connectivity index is 2.06. The standard InChI is InChI=1S/C16H20N2O3/c1-11-5-3-4-6-14(11)18(10-19)12(2)15(20)16(21)17-9-13-7-8-13/h3-6,10,12-13H,7-9H2,1-2H3,(H,17,21)/t12-/m0/s1. The number of rotatable bonds is 7. The van der Waals surface area contributed by atoms with Gasteiger partial charge < -0.3 is 10.2 Å². The number of Topliss-reactive ketones (excluding diaryl/α,β-unsaturated/α-hetero) is 1. The fraction of sp³-hybridized carbons (Fsp3) is 0.438. The van der Waals surface area contributed by atoms with Crippen molar-refractivity contribution in [1.29, 1.82) is 0 Å². The molecule has 5 nitrogen and oxygen atoms in total. The van der Waals surface area contributed by atoms with Gasteiger partial charge in [-0.1, -0.05) is 18.2 Å². The van der Waals surface area contributed by atoms with Crippen molar-refractivity contribution in [3.63, 3.8) is 0 Å². The summed E-state index contributed by atoms with van der Waals surface area (Å²) in [6.07, 6.45) is 2.81. The van der Waals surface area contributed by atoms with Gasteiger partial charge in [0.15, 0.2) is 0 Å². The molecule has 5 heteroatoms. The van der Waals surface area contributed by atoms with Crippen molar-refractivity contribution in [2.75, 3.05) is 11.4 Å². The first-order valence-corrected chi connectivity index (χ1v) is 7.16. The van der Waals surface area contributed by atoms with E-state index in [0.29, 0.717) is 24.6 Å². The Hall–Kier alpha value is -2.17. The van der Waals surface area contributed by atoms with Crippen molar-refractivity contribution in [2.45, 2.75) is 32.7 Å². The van der Waals surface area contributed by atoms with Gasteiger partial charge in [-0.3, -0.25) is 14.4 Å². The minimum Gasteiger partial charge on any atom is -0.349 e. The molecule has 0 aromatic heterocycles. The lowest BCUT2D eigenvalue weighted by atomic mass is 10.1. The van der Waals surface area contributed by atoms with E-state index < -0.39 is 17.7 Å². The maximum Gasteiger partial charge on any atom is 0.289 e. The highest BCUT2D eigenvalue weighted by Crippen LogP contribution is 2.27. The molecule has 1 saturated carbocycles. The van der Waals surface area contributed by atoms with E-state index in [0.717, 1.165) is 18.4 Å². The molecule has 0 aliphatic heterocycles. The second-order valence-electron chi connectivity index (χ2n) is 5.49. The molecule has 0 spiro atoms. The first-order valence-electron chi connectivity index (χ1n) is 7.16. The largest absolute Gasteiger partial charge is 0.349 e. The lowest BCUT2D eigenvalue weighted by molar-refractivity contribution is -0.138. The Labute approximate surface area is 124 Å². The van der Waals surface area contributed by atoms with Crippen molar-refractivity contribution in [1.82, 2.24) is 5.32 Å². The average molecular weight is 288 g/mol. The molecule has 2 rings (SSSR count). The van der Waals surface area contributed by atoms with Crippen LogP contribution < -0.4 is 10.2 Å². The van der Waals surface area contributed by atoms with Gasteiger partial charge in [-0.05, 0) is 44.2 Å². The van der Waals surface area contributed by atoms with Crippen molar-refractivity contribution >= 4 is 23.8 Å². The SMILES string of the molecule is Cc1ccccc1N(C=O)[C@@H](C)C(=O)C(=O)NCC1CC1. The summed E-state index contributed by atoms with van der Waals surface area (Å²) in [6.45, 7) is 3.97. The molecule has 0 unspecified atom stereocenters. The lowest BCUT2D eigenvalue weighted by Gasteiger charge is -2.25. The molecule has 1 N–H and O–H groups in total. The molecular weight excluding hydrogens is 268 g/mol. The molecule has 21 heavy (non-hydrogen) atoms. The monoisotopic (exact) mass is 288 g/mol. The normalized spacial score (nSPS) is 15.1. The third kappa shape index (κ3) is 3.68. The summed E-state index contributed by atoms with van der Waals surface area (Å²) in [5.41, 5.74) is 1.52. The number of nitrogens with zero attached hydrogens (tertiary/aromatic N) is 1. The van der Waals surface area contributed by atoms with Crippen molar-refractivity contribution in [3.05, 3.63) is 29.8 Å². The molecule has 1 aliphatic carbocycles. The smallest absolute Gasteiger partial charge is 0.289 e. The predicted octanol–water partition coefficient (Wildman–Crippen LogP) is 1.44. The number of carbonyl (C=O) groups excluding carboxylic acids is 3. The van der Waals surface area contributed by atoms with Gasteiger partial charge in [0.25, 0.3) is 5.91 Å². The third-order valence-corrected chi connectivity index (χ3v) is 3.78. The van der Waals surface area contributed by atoms with E-state index in [2.05, 4.69) is 5.32 Å². The molecule has 0 saturated heterocycles. The van der Waals surface area contributed by atoms with Gasteiger partial charge in [0.1, 0.15) is 6.04 Å². The number of hydrogen-bond acceptors (Lipinski definition) is 3. The molecule has 1 aromatic carbocycles. The molecule has 1 aromatic rings. The van der Waals surface area contributed by atoms with Crippen LogP contribution in [0.4, 0.5) is 5.69 Å². The Kier molecular flexibility index (Phi) is 4.73. The minimum atomic E-state index is -0.817. The second kappa shape index (κ2) is 6.52. The zero-order valence-electron chi connectivity index (χ0n) is 12.3. The Morgan fingerprint density at radius 3 is 2.62 bits per heavy atom. The van der Waals surface area contributed by atoms with Crippen molar-refractivity contribution < 1.29 is 14.4 Å². The topological polar surface area (TPSA) is 66.5 Å². The number of benzene rings is 1. The van der Waals surface area contributed by atoms with Crippen LogP contribution in [-0.2, 0) is 14.4 Å². The van der Waals surface area contributed by atoms with Crippen LogP contribution in [0, 0.1) is 12.8 Å². The number of carbonyl (C=O) groups is 3. The molecule has 0 bridgehead atoms. The van der Waals surface area contributed by atoms with Crippen LogP contribution in [0.1, 0.15) is 25.3 Å². The maximum absolute atomic E-state index is 12.1. The third-order valence-electron chi connectivity index (χ3n) is 3.78. The highest BCUT2D eigenvalue weighted by atomic mass is 16.2. The fourth-order valence-electron chi connectivity index (χ4n) is 2.17. The van der Waals surface area contributed by atoms with Crippen molar-refractivity contribution in [3.8, 4) is 0 Å².